The maximum Gasteiger partial charge on any atom is 1.00 e. The van der Waals surface area contributed by atoms with Gasteiger partial charge in [0, 0.05) is 0 Å². The Labute approximate surface area is 184 Å². The third-order valence-corrected chi connectivity index (χ3v) is 1.64. The summed E-state index contributed by atoms with van der Waals surface area (Å²) >= 11 is -0.750. The molecule has 0 heterocycles. The van der Waals surface area contributed by atoms with Crippen molar-refractivity contribution in [2.75, 3.05) is 0 Å². The molecule has 0 unspecified atom stereocenters. The van der Waals surface area contributed by atoms with Gasteiger partial charge in [-0.1, -0.05) is 26.0 Å². The van der Waals surface area contributed by atoms with Crippen molar-refractivity contribution < 1.29 is 113 Å². The second kappa shape index (κ2) is 24.9. The quantitative estimate of drug-likeness (QED) is 0.233. The molecule has 0 bridgehead atoms. The fourth-order valence-electron chi connectivity index (χ4n) is 0.908. The summed E-state index contributed by atoms with van der Waals surface area (Å²) in [6.45, 7) is 6.21. The summed E-state index contributed by atoms with van der Waals surface area (Å²) in [6.07, 6.45) is 0. The van der Waals surface area contributed by atoms with Gasteiger partial charge in [0.05, 0.1) is 0 Å². The smallest absolute Gasteiger partial charge is 0.811 e. The molecule has 0 N–H and O–H groups in total. The van der Waals surface area contributed by atoms with Gasteiger partial charge in [-0.3, -0.25) is 0 Å². The number of rotatable bonds is 2. The van der Waals surface area contributed by atoms with Crippen molar-refractivity contribution in [1.82, 2.24) is 0 Å². The van der Waals surface area contributed by atoms with Crippen LogP contribution in [0.25, 0.3) is 0 Å². The van der Waals surface area contributed by atoms with Crippen molar-refractivity contribution in [2.45, 2.75) is 19.8 Å². The van der Waals surface area contributed by atoms with Crippen LogP contribution in [0.4, 0.5) is 0 Å². The second-order valence-corrected chi connectivity index (χ2v) is 3.01. The topological polar surface area (TPSA) is 95.5 Å². The summed E-state index contributed by atoms with van der Waals surface area (Å²) in [5.74, 6) is 0.866. The zero-order chi connectivity index (χ0) is 13.0. The second-order valence-electron chi connectivity index (χ2n) is 2.88. The average molecular weight is 314 g/mol. The summed E-state index contributed by atoms with van der Waals surface area (Å²) in [5, 5.41) is 9.91. The van der Waals surface area contributed by atoms with E-state index < -0.39 is 12.3 Å². The molecule has 0 aliphatic carbocycles. The fraction of sp³-hybridized carbons (Fsp3) is 0.300. The molecule has 0 aromatic heterocycles. The van der Waals surface area contributed by atoms with Crippen molar-refractivity contribution in [1.29, 1.82) is 0 Å². The Hall–Kier alpha value is 1.92. The van der Waals surface area contributed by atoms with E-state index in [2.05, 4.69) is 18.7 Å². The van der Waals surface area contributed by atoms with Gasteiger partial charge in [0.2, 0.25) is 0 Å². The molecule has 1 aromatic rings. The van der Waals surface area contributed by atoms with Crippen LogP contribution in [-0.2, 0) is 4.79 Å². The van der Waals surface area contributed by atoms with E-state index in [0.717, 1.165) is 0 Å². The maximum absolute atomic E-state index is 9.91. The largest absolute Gasteiger partial charge is 1.00 e. The van der Waals surface area contributed by atoms with Gasteiger partial charge in [-0.2, -0.15) is 0 Å². The van der Waals surface area contributed by atoms with E-state index >= 15 is 0 Å². The molecular formula is C10H13Na3O5S. The van der Waals surface area contributed by atoms with E-state index in [1.807, 2.05) is 18.9 Å². The minimum absolute atomic E-state index is 0. The summed E-state index contributed by atoms with van der Waals surface area (Å²) in [5.41, 5.74) is 1.21. The molecule has 0 spiro atoms. The zero-order valence-electron chi connectivity index (χ0n) is 12.0. The van der Waals surface area contributed by atoms with Crippen LogP contribution in [-0.4, -0.2) is 15.9 Å². The van der Waals surface area contributed by atoms with E-state index in [9.17, 15) is 5.26 Å². The predicted octanol–water partition coefficient (Wildman–Crippen LogP) is -7.73. The van der Waals surface area contributed by atoms with Crippen LogP contribution in [0.3, 0.4) is 0 Å². The van der Waals surface area contributed by atoms with Crippen molar-refractivity contribution >= 4 is 19.1 Å². The van der Waals surface area contributed by atoms with Crippen LogP contribution in [0.15, 0.2) is 24.3 Å². The van der Waals surface area contributed by atoms with Gasteiger partial charge >= 0.3 is 88.7 Å². The normalized spacial score (nSPS) is 7.05. The van der Waals surface area contributed by atoms with E-state index in [4.69, 9.17) is 13.9 Å². The third-order valence-electron chi connectivity index (χ3n) is 1.64. The molecule has 0 saturated heterocycles. The number of hydrogen-bond acceptors (Lipinski definition) is 6. The Morgan fingerprint density at radius 2 is 1.37 bits per heavy atom. The van der Waals surface area contributed by atoms with Crippen molar-refractivity contribution in [3.63, 3.8) is 0 Å². The molecule has 0 amide bonds. The van der Waals surface area contributed by atoms with Crippen molar-refractivity contribution in [2.24, 2.45) is 0 Å². The van der Waals surface area contributed by atoms with E-state index in [-0.39, 0.29) is 88.7 Å². The Kier molecular flexibility index (Phi) is 42.9. The number of benzene rings is 1. The standard InChI is InChI=1S/C9H12O2.CH2O.3Na.H2O2S/c1-7(2)8-3-5-9(11-10)6-4-8;1-2;;;;1-3-2/h3-7,10H,1-2H3;1H2;;;;1-2H/q;;3*+1;/p-3. The molecule has 1 rings (SSSR count). The Bertz CT molecular complexity index is 262. The summed E-state index contributed by atoms with van der Waals surface area (Å²) in [6, 6.07) is 7.17. The molecule has 0 saturated carbocycles. The summed E-state index contributed by atoms with van der Waals surface area (Å²) in [4.78, 5) is 11.8. The first-order valence-corrected chi connectivity index (χ1v) is 4.92. The number of carbonyl (C=O) groups excluding carboxylic acids is 1. The Balaban J connectivity index is -0.0000000727. The van der Waals surface area contributed by atoms with Gasteiger partial charge in [0.15, 0.2) is 0 Å². The van der Waals surface area contributed by atoms with E-state index in [0.29, 0.717) is 11.7 Å². The van der Waals surface area contributed by atoms with Gasteiger partial charge in [-0.05, 0) is 23.6 Å². The molecular weight excluding hydrogens is 301 g/mol. The molecule has 0 atom stereocenters. The van der Waals surface area contributed by atoms with Crippen molar-refractivity contribution in [3.05, 3.63) is 29.8 Å². The van der Waals surface area contributed by atoms with E-state index in [1.54, 1.807) is 12.1 Å². The third kappa shape index (κ3) is 19.9. The molecule has 0 radical (unpaired) electrons. The number of carbonyl (C=O) groups is 1. The summed E-state index contributed by atoms with van der Waals surface area (Å²) in [7, 11) is 0. The number of hydrogen-bond donors (Lipinski definition) is 0. The first-order chi connectivity index (χ1) is 7.65. The Morgan fingerprint density at radius 1 is 1.05 bits per heavy atom. The minimum Gasteiger partial charge on any atom is -0.811 e. The molecule has 0 fully saturated rings. The van der Waals surface area contributed by atoms with Gasteiger partial charge in [0.1, 0.15) is 12.5 Å². The van der Waals surface area contributed by atoms with E-state index in [1.165, 1.54) is 5.56 Å². The van der Waals surface area contributed by atoms with Gasteiger partial charge in [0.25, 0.3) is 0 Å². The SMILES string of the molecule is C=O.CC(C)c1ccc(O[O-])cc1.[Na+].[Na+].[Na+].[O-]S[O-]. The average Bonchev–Trinajstić information content (AvgIpc) is 2.33. The first-order valence-electron chi connectivity index (χ1n) is 4.26. The molecule has 19 heavy (non-hydrogen) atoms. The first kappa shape index (κ1) is 32.8. The predicted molar refractivity (Wildman–Crippen MR) is 57.4 cm³/mol. The van der Waals surface area contributed by atoms with Crippen LogP contribution in [0.5, 0.6) is 5.75 Å². The molecule has 9 heteroatoms. The molecule has 92 valence electrons. The molecule has 0 aliphatic heterocycles. The molecule has 0 aliphatic rings. The van der Waals surface area contributed by atoms with Crippen LogP contribution in [0.1, 0.15) is 25.3 Å². The molecule has 5 nitrogen and oxygen atoms in total. The maximum atomic E-state index is 9.91. The van der Waals surface area contributed by atoms with Gasteiger partial charge in [-0.25, -0.2) is 0 Å². The summed E-state index contributed by atoms with van der Waals surface area (Å²) < 4.78 is 16.6. The monoisotopic (exact) mass is 314 g/mol. The van der Waals surface area contributed by atoms with Gasteiger partial charge < -0.3 is 36.4 Å². The fourth-order valence-corrected chi connectivity index (χ4v) is 0.908. The van der Waals surface area contributed by atoms with Crippen LogP contribution >= 0.6 is 12.3 Å². The van der Waals surface area contributed by atoms with Crippen LogP contribution in [0, 0.1) is 0 Å². The van der Waals surface area contributed by atoms with Gasteiger partial charge in [-0.15, -0.1) is 0 Å². The minimum atomic E-state index is -0.750. The molecule has 1 aromatic carbocycles. The van der Waals surface area contributed by atoms with Crippen molar-refractivity contribution in [3.8, 4) is 5.75 Å². The van der Waals surface area contributed by atoms with Crippen LogP contribution < -0.4 is 98.8 Å². The zero-order valence-corrected chi connectivity index (χ0v) is 18.9. The Morgan fingerprint density at radius 3 is 1.58 bits per heavy atom. The van der Waals surface area contributed by atoms with Crippen LogP contribution in [0.2, 0.25) is 0 Å².